The molecule has 0 aliphatic rings. The van der Waals surface area contributed by atoms with Crippen molar-refractivity contribution in [3.05, 3.63) is 91.8 Å². The molecule has 2 aromatic carbocycles. The van der Waals surface area contributed by atoms with E-state index in [0.717, 1.165) is 27.0 Å². The average molecular weight is 401 g/mol. The Morgan fingerprint density at radius 2 is 1.75 bits per heavy atom. The van der Waals surface area contributed by atoms with E-state index in [1.54, 1.807) is 11.8 Å². The number of hydrogen-bond acceptors (Lipinski definition) is 3. The fourth-order valence-corrected chi connectivity index (χ4v) is 3.52. The van der Waals surface area contributed by atoms with Gasteiger partial charge < -0.3 is 4.98 Å². The topological polar surface area (TPSA) is 45.8 Å². The molecule has 0 atom stereocenters. The summed E-state index contributed by atoms with van der Waals surface area (Å²) in [5.74, 6) is 0.772. The van der Waals surface area contributed by atoms with Crippen molar-refractivity contribution < 1.29 is 0 Å². The van der Waals surface area contributed by atoms with Gasteiger partial charge in [-0.1, -0.05) is 70.2 Å². The van der Waals surface area contributed by atoms with Crippen LogP contribution in [-0.4, -0.2) is 9.97 Å². The largest absolute Gasteiger partial charge is 0.301 e. The summed E-state index contributed by atoms with van der Waals surface area (Å²) in [5.41, 5.74) is 3.78. The first-order valence-electron chi connectivity index (χ1n) is 7.63. The van der Waals surface area contributed by atoms with Crippen molar-refractivity contribution in [3.63, 3.8) is 0 Å². The lowest BCUT2D eigenvalue weighted by Crippen LogP contribution is -2.17. The molecule has 0 radical (unpaired) electrons. The Labute approximate surface area is 153 Å². The molecule has 3 nitrogen and oxygen atoms in total. The number of nitrogens with one attached hydrogen (secondary N) is 1. The molecule has 0 saturated heterocycles. The monoisotopic (exact) mass is 400 g/mol. The van der Waals surface area contributed by atoms with E-state index in [1.807, 2.05) is 49.4 Å². The normalized spacial score (nSPS) is 10.8. The van der Waals surface area contributed by atoms with Gasteiger partial charge >= 0.3 is 0 Å². The third-order valence-corrected chi connectivity index (χ3v) is 5.19. The van der Waals surface area contributed by atoms with Gasteiger partial charge in [-0.25, -0.2) is 4.98 Å². The van der Waals surface area contributed by atoms with Gasteiger partial charge in [-0.15, -0.1) is 0 Å². The van der Waals surface area contributed by atoms with E-state index in [4.69, 9.17) is 0 Å². The first kappa shape index (κ1) is 17.0. The van der Waals surface area contributed by atoms with Crippen molar-refractivity contribution in [2.24, 2.45) is 0 Å². The lowest BCUT2D eigenvalue weighted by molar-refractivity contribution is 0.866. The number of H-pyrrole nitrogens is 1. The minimum absolute atomic E-state index is 0.0512. The zero-order chi connectivity index (χ0) is 16.9. The number of benzene rings is 2. The van der Waals surface area contributed by atoms with Crippen LogP contribution in [0.15, 0.2) is 69.0 Å². The number of hydrogen-bond donors (Lipinski definition) is 1. The fourth-order valence-electron chi connectivity index (χ4n) is 2.39. The lowest BCUT2D eigenvalue weighted by atomic mass is 10.1. The minimum atomic E-state index is -0.0512. The third kappa shape index (κ3) is 4.36. The molecule has 122 valence electrons. The van der Waals surface area contributed by atoms with E-state index >= 15 is 0 Å². The summed E-state index contributed by atoms with van der Waals surface area (Å²) in [6.07, 6.45) is 0.604. The van der Waals surface area contributed by atoms with Crippen LogP contribution >= 0.6 is 27.7 Å². The second-order valence-corrected chi connectivity index (χ2v) is 7.39. The van der Waals surface area contributed by atoms with Crippen LogP contribution in [-0.2, 0) is 12.2 Å². The first-order chi connectivity index (χ1) is 11.6. The van der Waals surface area contributed by atoms with Crippen LogP contribution in [0.1, 0.15) is 22.4 Å². The van der Waals surface area contributed by atoms with Crippen LogP contribution in [0, 0.1) is 6.92 Å². The molecule has 5 heteroatoms. The minimum Gasteiger partial charge on any atom is -0.301 e. The van der Waals surface area contributed by atoms with Gasteiger partial charge in [0.25, 0.3) is 5.56 Å². The standard InChI is InChI=1S/C19H17BrN2OS/c1-13-17(11-14-5-3-2-4-6-14)18(23)22-19(21-13)24-12-15-7-9-16(20)10-8-15/h2-10H,11-12H2,1H3,(H,21,22,23). The van der Waals surface area contributed by atoms with Crippen LogP contribution < -0.4 is 5.56 Å². The molecule has 1 heterocycles. The maximum Gasteiger partial charge on any atom is 0.255 e. The number of aromatic amines is 1. The van der Waals surface area contributed by atoms with Gasteiger partial charge in [0.15, 0.2) is 5.16 Å². The molecule has 1 N–H and O–H groups in total. The van der Waals surface area contributed by atoms with Crippen molar-refractivity contribution >= 4 is 27.7 Å². The van der Waals surface area contributed by atoms with E-state index < -0.39 is 0 Å². The maximum absolute atomic E-state index is 12.4. The average Bonchev–Trinajstić information content (AvgIpc) is 2.58. The highest BCUT2D eigenvalue weighted by atomic mass is 79.9. The summed E-state index contributed by atoms with van der Waals surface area (Å²) < 4.78 is 1.06. The summed E-state index contributed by atoms with van der Waals surface area (Å²) >= 11 is 4.97. The molecule has 1 aromatic heterocycles. The Morgan fingerprint density at radius 3 is 2.42 bits per heavy atom. The molecule has 0 amide bonds. The summed E-state index contributed by atoms with van der Waals surface area (Å²) in [6.45, 7) is 1.90. The van der Waals surface area contributed by atoms with Gasteiger partial charge in [0.2, 0.25) is 0 Å². The number of rotatable bonds is 5. The Balaban J connectivity index is 1.74. The Morgan fingerprint density at radius 1 is 1.04 bits per heavy atom. The lowest BCUT2D eigenvalue weighted by Gasteiger charge is -2.07. The predicted molar refractivity (Wildman–Crippen MR) is 103 cm³/mol. The molecule has 0 bridgehead atoms. The van der Waals surface area contributed by atoms with Crippen LogP contribution in [0.2, 0.25) is 0 Å². The highest BCUT2D eigenvalue weighted by Crippen LogP contribution is 2.21. The summed E-state index contributed by atoms with van der Waals surface area (Å²) in [6, 6.07) is 18.1. The van der Waals surface area contributed by atoms with Gasteiger partial charge in [0, 0.05) is 27.9 Å². The van der Waals surface area contributed by atoms with E-state index in [0.29, 0.717) is 11.6 Å². The molecule has 0 aliphatic heterocycles. The van der Waals surface area contributed by atoms with E-state index in [-0.39, 0.29) is 5.56 Å². The van der Waals surface area contributed by atoms with Crippen molar-refractivity contribution in [2.75, 3.05) is 0 Å². The van der Waals surface area contributed by atoms with Crippen LogP contribution in [0.4, 0.5) is 0 Å². The van der Waals surface area contributed by atoms with E-state index in [9.17, 15) is 4.79 Å². The van der Waals surface area contributed by atoms with Crippen molar-refractivity contribution in [1.82, 2.24) is 9.97 Å². The number of halogens is 1. The first-order valence-corrected chi connectivity index (χ1v) is 9.40. The van der Waals surface area contributed by atoms with Gasteiger partial charge in [0.05, 0.1) is 0 Å². The molecule has 0 unspecified atom stereocenters. The zero-order valence-electron chi connectivity index (χ0n) is 13.3. The second kappa shape index (κ2) is 7.81. The molecule has 0 saturated carbocycles. The number of thioether (sulfide) groups is 1. The van der Waals surface area contributed by atoms with Crippen LogP contribution in [0.5, 0.6) is 0 Å². The van der Waals surface area contributed by atoms with Gasteiger partial charge in [-0.05, 0) is 30.2 Å². The molecule has 0 spiro atoms. The molecular formula is C19H17BrN2OS. The molecule has 0 aliphatic carbocycles. The van der Waals surface area contributed by atoms with Crippen molar-refractivity contribution in [1.29, 1.82) is 0 Å². The second-order valence-electron chi connectivity index (χ2n) is 5.51. The smallest absolute Gasteiger partial charge is 0.255 e. The third-order valence-electron chi connectivity index (χ3n) is 3.71. The van der Waals surface area contributed by atoms with Crippen molar-refractivity contribution in [3.8, 4) is 0 Å². The molecule has 0 fully saturated rings. The number of aryl methyl sites for hydroxylation is 1. The molecule has 24 heavy (non-hydrogen) atoms. The zero-order valence-corrected chi connectivity index (χ0v) is 15.7. The Kier molecular flexibility index (Phi) is 5.53. The van der Waals surface area contributed by atoms with E-state index in [1.165, 1.54) is 5.56 Å². The Hall–Kier alpha value is -1.85. The van der Waals surface area contributed by atoms with Gasteiger partial charge in [-0.3, -0.25) is 4.79 Å². The fraction of sp³-hybridized carbons (Fsp3) is 0.158. The highest BCUT2D eigenvalue weighted by Gasteiger charge is 2.09. The Bertz CT molecular complexity index is 876. The summed E-state index contributed by atoms with van der Waals surface area (Å²) in [4.78, 5) is 19.9. The number of nitrogens with zero attached hydrogens (tertiary/aromatic N) is 1. The quantitative estimate of drug-likeness (QED) is 0.497. The van der Waals surface area contributed by atoms with Gasteiger partial charge in [0.1, 0.15) is 0 Å². The van der Waals surface area contributed by atoms with Crippen LogP contribution in [0.25, 0.3) is 0 Å². The highest BCUT2D eigenvalue weighted by molar-refractivity contribution is 9.10. The summed E-state index contributed by atoms with van der Waals surface area (Å²) in [5, 5.41) is 0.664. The van der Waals surface area contributed by atoms with Gasteiger partial charge in [-0.2, -0.15) is 0 Å². The SMILES string of the molecule is Cc1nc(SCc2ccc(Br)cc2)[nH]c(=O)c1Cc1ccccc1. The summed E-state index contributed by atoms with van der Waals surface area (Å²) in [7, 11) is 0. The van der Waals surface area contributed by atoms with E-state index in [2.05, 4.69) is 38.0 Å². The maximum atomic E-state index is 12.4. The van der Waals surface area contributed by atoms with Crippen LogP contribution in [0.3, 0.4) is 0 Å². The predicted octanol–water partition coefficient (Wildman–Crippen LogP) is 4.72. The number of aromatic nitrogens is 2. The molecule has 3 rings (SSSR count). The van der Waals surface area contributed by atoms with Crippen molar-refractivity contribution in [2.45, 2.75) is 24.3 Å². The molecular weight excluding hydrogens is 384 g/mol. The molecule has 3 aromatic rings.